The molecule has 0 saturated carbocycles. The van der Waals surface area contributed by atoms with E-state index in [1.807, 2.05) is 37.4 Å². The van der Waals surface area contributed by atoms with Crippen molar-refractivity contribution in [2.75, 3.05) is 51.2 Å². The first kappa shape index (κ1) is 25.8. The summed E-state index contributed by atoms with van der Waals surface area (Å²) in [6.45, 7) is 6.08. The number of carbonyl (C=O) groups excluding carboxylic acids is 3. The molecule has 2 saturated heterocycles. The zero-order valence-corrected chi connectivity index (χ0v) is 20.3. The van der Waals surface area contributed by atoms with Gasteiger partial charge < -0.3 is 24.8 Å². The van der Waals surface area contributed by atoms with E-state index >= 15 is 0 Å². The van der Waals surface area contributed by atoms with Gasteiger partial charge in [-0.2, -0.15) is 5.26 Å². The van der Waals surface area contributed by atoms with Crippen LogP contribution in [0.15, 0.2) is 29.3 Å². The van der Waals surface area contributed by atoms with E-state index in [4.69, 9.17) is 10.00 Å². The largest absolute Gasteiger partial charge is 0.450 e. The highest BCUT2D eigenvalue weighted by Crippen LogP contribution is 2.17. The fourth-order valence-corrected chi connectivity index (χ4v) is 4.14. The van der Waals surface area contributed by atoms with E-state index < -0.39 is 6.04 Å². The van der Waals surface area contributed by atoms with Crippen molar-refractivity contribution in [1.29, 1.82) is 5.26 Å². The molecule has 0 aliphatic carbocycles. The lowest BCUT2D eigenvalue weighted by atomic mass is 10.1. The van der Waals surface area contributed by atoms with Gasteiger partial charge in [0.05, 0.1) is 13.2 Å². The van der Waals surface area contributed by atoms with Crippen molar-refractivity contribution >= 4 is 29.6 Å². The number of nitriles is 1. The monoisotopic (exact) mass is 483 g/mol. The minimum atomic E-state index is -0.695. The second kappa shape index (κ2) is 12.6. The Balaban J connectivity index is 1.63. The molecular formula is C24H33N7O4. The fraction of sp³-hybridized carbons (Fsp3) is 0.542. The summed E-state index contributed by atoms with van der Waals surface area (Å²) < 4.78 is 5.02. The van der Waals surface area contributed by atoms with Gasteiger partial charge in [0.25, 0.3) is 0 Å². The van der Waals surface area contributed by atoms with E-state index in [1.54, 1.807) is 21.6 Å². The molecule has 2 aliphatic heterocycles. The van der Waals surface area contributed by atoms with Crippen molar-refractivity contribution in [2.24, 2.45) is 4.99 Å². The molecule has 188 valence electrons. The number of hydrogen-bond donors (Lipinski definition) is 2. The molecule has 0 bridgehead atoms. The zero-order chi connectivity index (χ0) is 25.2. The number of likely N-dealkylation sites (tertiary alicyclic amines) is 1. The van der Waals surface area contributed by atoms with Gasteiger partial charge in [-0.1, -0.05) is 12.1 Å². The van der Waals surface area contributed by atoms with Gasteiger partial charge >= 0.3 is 6.09 Å². The molecule has 35 heavy (non-hydrogen) atoms. The Morgan fingerprint density at radius 2 is 1.91 bits per heavy atom. The zero-order valence-electron chi connectivity index (χ0n) is 20.3. The summed E-state index contributed by atoms with van der Waals surface area (Å²) in [7, 11) is 0. The van der Waals surface area contributed by atoms with Crippen molar-refractivity contribution in [3.05, 3.63) is 29.8 Å². The molecule has 11 nitrogen and oxygen atoms in total. The van der Waals surface area contributed by atoms with Gasteiger partial charge in [0.2, 0.25) is 17.8 Å². The third-order valence-electron chi connectivity index (χ3n) is 5.98. The Morgan fingerprint density at radius 1 is 1.17 bits per heavy atom. The van der Waals surface area contributed by atoms with E-state index in [1.165, 1.54) is 0 Å². The van der Waals surface area contributed by atoms with Crippen LogP contribution in [0.1, 0.15) is 31.7 Å². The SMILES string of the molecule is CCOC(=O)N1CCN(C(=O)CN2CCCCC(N=C(NC#N)Nc3cccc(C)c3)C2=O)CC1. The highest BCUT2D eigenvalue weighted by atomic mass is 16.6. The van der Waals surface area contributed by atoms with E-state index in [2.05, 4.69) is 15.6 Å². The maximum atomic E-state index is 13.3. The number of aryl methyl sites for hydroxylation is 1. The molecule has 0 spiro atoms. The van der Waals surface area contributed by atoms with Gasteiger partial charge in [-0.15, -0.1) is 0 Å². The van der Waals surface area contributed by atoms with E-state index in [0.717, 1.165) is 24.1 Å². The molecule has 11 heteroatoms. The van der Waals surface area contributed by atoms with Crippen LogP contribution < -0.4 is 10.6 Å². The molecule has 3 rings (SSSR count). The lowest BCUT2D eigenvalue weighted by Gasteiger charge is -2.35. The number of carbonyl (C=O) groups is 3. The second-order valence-corrected chi connectivity index (χ2v) is 8.55. The van der Waals surface area contributed by atoms with E-state index in [0.29, 0.717) is 45.8 Å². The van der Waals surface area contributed by atoms with Gasteiger partial charge in [0.1, 0.15) is 6.04 Å². The lowest BCUT2D eigenvalue weighted by molar-refractivity contribution is -0.141. The third-order valence-corrected chi connectivity index (χ3v) is 5.98. The number of rotatable bonds is 5. The maximum absolute atomic E-state index is 13.3. The van der Waals surface area contributed by atoms with Crippen molar-refractivity contribution in [3.8, 4) is 6.19 Å². The van der Waals surface area contributed by atoms with Gasteiger partial charge in [-0.05, 0) is 50.8 Å². The first-order valence-corrected chi connectivity index (χ1v) is 12.0. The third kappa shape index (κ3) is 7.34. The topological polar surface area (TPSA) is 130 Å². The fourth-order valence-electron chi connectivity index (χ4n) is 4.14. The Morgan fingerprint density at radius 3 is 2.60 bits per heavy atom. The molecule has 2 N–H and O–H groups in total. The van der Waals surface area contributed by atoms with Crippen LogP contribution in [0.4, 0.5) is 10.5 Å². The molecule has 2 fully saturated rings. The molecule has 1 atom stereocenters. The molecule has 1 aromatic rings. The van der Waals surface area contributed by atoms with Gasteiger partial charge in [0, 0.05) is 38.4 Å². The van der Waals surface area contributed by atoms with Crippen LogP contribution in [-0.4, -0.2) is 90.5 Å². The van der Waals surface area contributed by atoms with Crippen LogP contribution >= 0.6 is 0 Å². The van der Waals surface area contributed by atoms with E-state index in [-0.39, 0.29) is 30.4 Å². The van der Waals surface area contributed by atoms with Gasteiger partial charge in [0.15, 0.2) is 6.19 Å². The number of ether oxygens (including phenoxy) is 1. The van der Waals surface area contributed by atoms with Crippen LogP contribution in [0, 0.1) is 18.4 Å². The molecule has 0 radical (unpaired) electrons. The Hall–Kier alpha value is -3.81. The molecule has 1 unspecified atom stereocenters. The average molecular weight is 484 g/mol. The molecule has 2 aliphatic rings. The Kier molecular flexibility index (Phi) is 9.29. The van der Waals surface area contributed by atoms with Gasteiger partial charge in [-0.3, -0.25) is 14.9 Å². The van der Waals surface area contributed by atoms with Crippen LogP contribution in [0.2, 0.25) is 0 Å². The number of benzene rings is 1. The minimum absolute atomic E-state index is 0.0312. The molecular weight excluding hydrogens is 450 g/mol. The summed E-state index contributed by atoms with van der Waals surface area (Å²) in [6.07, 6.45) is 3.58. The van der Waals surface area contributed by atoms with Crippen molar-refractivity contribution in [1.82, 2.24) is 20.0 Å². The number of guanidine groups is 1. The summed E-state index contributed by atoms with van der Waals surface area (Å²) in [5.41, 5.74) is 1.80. The Labute approximate surface area is 205 Å². The highest BCUT2D eigenvalue weighted by Gasteiger charge is 2.31. The molecule has 3 amide bonds. The molecule has 2 heterocycles. The average Bonchev–Trinajstić information content (AvgIpc) is 3.01. The van der Waals surface area contributed by atoms with Crippen molar-refractivity contribution in [2.45, 2.75) is 39.2 Å². The summed E-state index contributed by atoms with van der Waals surface area (Å²) in [6, 6.07) is 6.91. The lowest BCUT2D eigenvalue weighted by Crippen LogP contribution is -2.53. The first-order valence-electron chi connectivity index (χ1n) is 12.0. The molecule has 0 aromatic heterocycles. The molecule has 1 aromatic carbocycles. The van der Waals surface area contributed by atoms with Crippen LogP contribution in [0.3, 0.4) is 0 Å². The number of anilines is 1. The van der Waals surface area contributed by atoms with Crippen molar-refractivity contribution < 1.29 is 19.1 Å². The summed E-state index contributed by atoms with van der Waals surface area (Å²) in [4.78, 5) is 47.4. The summed E-state index contributed by atoms with van der Waals surface area (Å²) >= 11 is 0. The maximum Gasteiger partial charge on any atom is 0.409 e. The number of amides is 3. The summed E-state index contributed by atoms with van der Waals surface area (Å²) in [5, 5.41) is 14.7. The second-order valence-electron chi connectivity index (χ2n) is 8.55. The highest BCUT2D eigenvalue weighted by molar-refractivity contribution is 5.97. The predicted molar refractivity (Wildman–Crippen MR) is 130 cm³/mol. The van der Waals surface area contributed by atoms with Crippen LogP contribution in [0.25, 0.3) is 0 Å². The number of nitrogens with zero attached hydrogens (tertiary/aromatic N) is 5. The van der Waals surface area contributed by atoms with Crippen LogP contribution in [0.5, 0.6) is 0 Å². The first-order chi connectivity index (χ1) is 16.9. The smallest absolute Gasteiger partial charge is 0.409 e. The predicted octanol–water partition coefficient (Wildman–Crippen LogP) is 1.52. The number of nitrogens with one attached hydrogen (secondary N) is 2. The Bertz CT molecular complexity index is 982. The number of piperazine rings is 1. The number of hydrogen-bond acceptors (Lipinski definition) is 6. The quantitative estimate of drug-likeness (QED) is 0.281. The van der Waals surface area contributed by atoms with Crippen LogP contribution in [-0.2, 0) is 14.3 Å². The minimum Gasteiger partial charge on any atom is -0.450 e. The summed E-state index contributed by atoms with van der Waals surface area (Å²) in [5.74, 6) is -0.191. The standard InChI is InChI=1S/C24H33N7O4/c1-3-35-24(34)30-13-11-29(12-14-30)21(32)16-31-10-5-4-9-20(22(31)33)28-23(26-17-25)27-19-8-6-7-18(2)15-19/h6-8,15,20H,3-5,9-14,16H2,1-2H3,(H2,26,27,28). The number of aliphatic imine (C=N–C) groups is 1. The normalized spacial score (nSPS) is 19.0. The van der Waals surface area contributed by atoms with Gasteiger partial charge in [-0.25, -0.2) is 9.79 Å². The van der Waals surface area contributed by atoms with E-state index in [9.17, 15) is 14.4 Å². The van der Waals surface area contributed by atoms with Crippen molar-refractivity contribution in [3.63, 3.8) is 0 Å².